The Morgan fingerprint density at radius 3 is 2.53 bits per heavy atom. The molecule has 0 aromatic heterocycles. The van der Waals surface area contributed by atoms with Crippen molar-refractivity contribution in [3.63, 3.8) is 0 Å². The molecule has 32 heavy (non-hydrogen) atoms. The first kappa shape index (κ1) is 24.7. The maximum Gasteiger partial charge on any atom is 0.410 e. The predicted molar refractivity (Wildman–Crippen MR) is 119 cm³/mol. The van der Waals surface area contributed by atoms with Gasteiger partial charge in [-0.3, -0.25) is 14.5 Å². The van der Waals surface area contributed by atoms with Gasteiger partial charge in [0, 0.05) is 13.0 Å². The fourth-order valence-corrected chi connectivity index (χ4v) is 3.55. The summed E-state index contributed by atoms with van der Waals surface area (Å²) in [5.74, 6) is -1.50. The number of hydrogen-bond donors (Lipinski definition) is 2. The Balaban J connectivity index is 2.25. The van der Waals surface area contributed by atoms with E-state index in [1.165, 1.54) is 35.3 Å². The number of nitrogens with one attached hydrogen (secondary N) is 1. The lowest BCUT2D eigenvalue weighted by Gasteiger charge is -2.23. The molecule has 1 fully saturated rings. The van der Waals surface area contributed by atoms with Gasteiger partial charge in [0.2, 0.25) is 5.91 Å². The van der Waals surface area contributed by atoms with Gasteiger partial charge in [-0.25, -0.2) is 9.59 Å². The number of nitrogens with zero attached hydrogens (tertiary/aromatic N) is 2. The molecular weight excluding hydrogens is 434 g/mol. The lowest BCUT2D eigenvalue weighted by atomic mass is 10.0. The average molecular weight is 458 g/mol. The summed E-state index contributed by atoms with van der Waals surface area (Å²) in [5.41, 5.74) is 0.353. The number of esters is 1. The van der Waals surface area contributed by atoms with Crippen LogP contribution in [-0.4, -0.2) is 53.8 Å². The summed E-state index contributed by atoms with van der Waals surface area (Å²) in [7, 11) is 0. The van der Waals surface area contributed by atoms with Gasteiger partial charge >= 0.3 is 12.1 Å². The van der Waals surface area contributed by atoms with Gasteiger partial charge in [-0.05, 0) is 30.5 Å². The Hall–Kier alpha value is -3.58. The molecule has 0 radical (unpaired) electrons. The topological polar surface area (TPSA) is 126 Å². The Bertz CT molecular complexity index is 971. The summed E-state index contributed by atoms with van der Waals surface area (Å²) in [6.45, 7) is 7.06. The fourth-order valence-electron chi connectivity index (χ4n) is 3.29. The summed E-state index contributed by atoms with van der Waals surface area (Å²) in [4.78, 5) is 50.2. The van der Waals surface area contributed by atoms with Crippen molar-refractivity contribution in [1.82, 2.24) is 4.90 Å². The molecule has 168 valence electrons. The van der Waals surface area contributed by atoms with E-state index >= 15 is 0 Å². The first-order valence-corrected chi connectivity index (χ1v) is 10.1. The first-order valence-electron chi connectivity index (χ1n) is 9.69. The van der Waals surface area contributed by atoms with Gasteiger partial charge < -0.3 is 14.8 Å². The monoisotopic (exact) mass is 457 g/mol. The zero-order valence-corrected chi connectivity index (χ0v) is 18.2. The fraction of sp³-hybridized carbons (Fsp3) is 0.318. The van der Waals surface area contributed by atoms with Crippen LogP contribution in [0.2, 0.25) is 0 Å². The number of benzene rings is 1. The lowest BCUT2D eigenvalue weighted by molar-refractivity contribution is -0.120. The second kappa shape index (κ2) is 11.7. The van der Waals surface area contributed by atoms with Crippen LogP contribution < -0.4 is 5.32 Å². The first-order chi connectivity index (χ1) is 15.3. The maximum atomic E-state index is 13.0. The van der Waals surface area contributed by atoms with E-state index in [0.717, 1.165) is 0 Å². The van der Waals surface area contributed by atoms with Crippen LogP contribution in [0, 0.1) is 17.2 Å². The Labute approximate surface area is 191 Å². The number of anilines is 1. The minimum atomic E-state index is -0.937. The molecule has 1 aromatic rings. The van der Waals surface area contributed by atoms with Crippen molar-refractivity contribution in [3.05, 3.63) is 54.6 Å². The molecule has 0 unspecified atom stereocenters. The largest absolute Gasteiger partial charge is 0.458 e. The molecule has 1 aliphatic heterocycles. The predicted octanol–water partition coefficient (Wildman–Crippen LogP) is 2.70. The molecule has 1 saturated heterocycles. The molecule has 1 heterocycles. The SMILES string of the molecule is C=CCOC(=O)c1ccc(C#N)c(NC(=O)[C@@H]2C[C@@H](CC(=O)S)CN2C(=O)OCC=C)c1. The third-order valence-electron chi connectivity index (χ3n) is 4.68. The number of thiol groups is 1. The average Bonchev–Trinajstić information content (AvgIpc) is 3.19. The summed E-state index contributed by atoms with van der Waals surface area (Å²) in [5, 5.41) is 11.6. The van der Waals surface area contributed by atoms with E-state index in [0.29, 0.717) is 0 Å². The van der Waals surface area contributed by atoms with Gasteiger partial charge in [0.15, 0.2) is 5.12 Å². The van der Waals surface area contributed by atoms with Crippen LogP contribution in [0.4, 0.5) is 10.5 Å². The summed E-state index contributed by atoms with van der Waals surface area (Å²) in [6, 6.07) is 5.12. The summed E-state index contributed by atoms with van der Waals surface area (Å²) in [6.07, 6.45) is 2.39. The van der Waals surface area contributed by atoms with Crippen LogP contribution in [0.15, 0.2) is 43.5 Å². The van der Waals surface area contributed by atoms with Crippen molar-refractivity contribution in [2.24, 2.45) is 5.92 Å². The van der Waals surface area contributed by atoms with E-state index in [-0.39, 0.29) is 60.4 Å². The van der Waals surface area contributed by atoms with Gasteiger partial charge in [-0.1, -0.05) is 25.3 Å². The van der Waals surface area contributed by atoms with Crippen LogP contribution in [0.5, 0.6) is 0 Å². The molecule has 10 heteroatoms. The highest BCUT2D eigenvalue weighted by Gasteiger charge is 2.41. The van der Waals surface area contributed by atoms with Gasteiger partial charge in [0.1, 0.15) is 25.3 Å². The normalized spacial score (nSPS) is 17.1. The van der Waals surface area contributed by atoms with Gasteiger partial charge in [-0.2, -0.15) is 5.26 Å². The Morgan fingerprint density at radius 2 is 1.91 bits per heavy atom. The molecule has 9 nitrogen and oxygen atoms in total. The molecule has 2 rings (SSSR count). The van der Waals surface area contributed by atoms with E-state index in [4.69, 9.17) is 9.47 Å². The third-order valence-corrected chi connectivity index (χ3v) is 4.86. The lowest BCUT2D eigenvalue weighted by Crippen LogP contribution is -2.43. The van der Waals surface area contributed by atoms with Crippen molar-refractivity contribution >= 4 is 41.4 Å². The Kier molecular flexibility index (Phi) is 9.04. The second-order valence-electron chi connectivity index (χ2n) is 6.98. The Morgan fingerprint density at radius 1 is 1.22 bits per heavy atom. The molecule has 2 amide bonds. The van der Waals surface area contributed by atoms with E-state index in [1.54, 1.807) is 0 Å². The number of likely N-dealkylation sites (tertiary alicyclic amines) is 1. The van der Waals surface area contributed by atoms with E-state index in [2.05, 4.69) is 31.1 Å². The number of rotatable bonds is 9. The molecule has 1 aliphatic rings. The van der Waals surface area contributed by atoms with Crippen molar-refractivity contribution in [1.29, 1.82) is 5.26 Å². The number of carbonyl (C=O) groups excluding carboxylic acids is 4. The maximum absolute atomic E-state index is 13.0. The summed E-state index contributed by atoms with van der Waals surface area (Å²) >= 11 is 3.78. The van der Waals surface area contributed by atoms with E-state index in [1.807, 2.05) is 6.07 Å². The van der Waals surface area contributed by atoms with Crippen molar-refractivity contribution in [2.75, 3.05) is 25.1 Å². The standard InChI is InChI=1S/C22H23N3O6S/c1-3-7-30-21(28)15-5-6-16(12-23)17(11-15)24-20(27)18-9-14(10-19(26)32)13-25(18)22(29)31-8-4-2/h3-6,11,14,18H,1-2,7-10,13H2,(H,24,27)(H,26,32)/t14-,18-/m0/s1. The highest BCUT2D eigenvalue weighted by molar-refractivity contribution is 7.96. The molecule has 0 aliphatic carbocycles. The number of nitriles is 1. The van der Waals surface area contributed by atoms with Crippen molar-refractivity contribution in [3.8, 4) is 6.07 Å². The van der Waals surface area contributed by atoms with Gasteiger partial charge in [0.25, 0.3) is 0 Å². The van der Waals surface area contributed by atoms with Crippen LogP contribution in [0.25, 0.3) is 0 Å². The minimum Gasteiger partial charge on any atom is -0.458 e. The van der Waals surface area contributed by atoms with Crippen LogP contribution >= 0.6 is 12.6 Å². The van der Waals surface area contributed by atoms with Crippen LogP contribution in [-0.2, 0) is 19.1 Å². The van der Waals surface area contributed by atoms with E-state index < -0.39 is 24.0 Å². The number of carbonyl (C=O) groups is 4. The number of hydrogen-bond acceptors (Lipinski definition) is 7. The van der Waals surface area contributed by atoms with Crippen molar-refractivity contribution in [2.45, 2.75) is 18.9 Å². The number of amides is 2. The molecule has 0 bridgehead atoms. The van der Waals surface area contributed by atoms with Gasteiger partial charge in [0.05, 0.1) is 16.8 Å². The van der Waals surface area contributed by atoms with Crippen molar-refractivity contribution < 1.29 is 28.7 Å². The van der Waals surface area contributed by atoms with Crippen LogP contribution in [0.3, 0.4) is 0 Å². The summed E-state index contributed by atoms with van der Waals surface area (Å²) < 4.78 is 10.0. The zero-order chi connectivity index (χ0) is 23.7. The molecule has 0 saturated carbocycles. The molecule has 1 N–H and O–H groups in total. The highest BCUT2D eigenvalue weighted by Crippen LogP contribution is 2.29. The van der Waals surface area contributed by atoms with E-state index in [9.17, 15) is 24.4 Å². The van der Waals surface area contributed by atoms with Crippen LogP contribution in [0.1, 0.15) is 28.8 Å². The molecular formula is C22H23N3O6S. The second-order valence-corrected chi connectivity index (χ2v) is 7.48. The quantitative estimate of drug-likeness (QED) is 0.332. The molecule has 2 atom stereocenters. The highest BCUT2D eigenvalue weighted by atomic mass is 32.1. The molecule has 1 aromatic carbocycles. The van der Waals surface area contributed by atoms with Gasteiger partial charge in [-0.15, -0.1) is 12.6 Å². The minimum absolute atomic E-state index is 0.00956. The smallest absolute Gasteiger partial charge is 0.410 e. The zero-order valence-electron chi connectivity index (χ0n) is 17.3. The third kappa shape index (κ3) is 6.46. The number of ether oxygens (including phenoxy) is 2. The molecule has 0 spiro atoms.